The van der Waals surface area contributed by atoms with Gasteiger partial charge in [0, 0.05) is 18.8 Å². The third kappa shape index (κ3) is 4.47. The zero-order valence-electron chi connectivity index (χ0n) is 12.9. The van der Waals surface area contributed by atoms with Crippen molar-refractivity contribution in [1.29, 1.82) is 0 Å². The van der Waals surface area contributed by atoms with E-state index in [0.29, 0.717) is 30.6 Å². The van der Waals surface area contributed by atoms with E-state index in [1.165, 1.54) is 0 Å². The molecule has 1 N–H and O–H groups in total. The zero-order chi connectivity index (χ0) is 15.4. The van der Waals surface area contributed by atoms with Crippen LogP contribution in [-0.2, 0) is 11.2 Å². The number of aryl methyl sites for hydroxylation is 1. The summed E-state index contributed by atoms with van der Waals surface area (Å²) >= 11 is 0. The molecule has 6 nitrogen and oxygen atoms in total. The molecule has 0 radical (unpaired) electrons. The van der Waals surface area contributed by atoms with Crippen LogP contribution in [0.2, 0.25) is 0 Å². The van der Waals surface area contributed by atoms with Crippen molar-refractivity contribution in [3.05, 3.63) is 23.3 Å². The molecule has 0 spiro atoms. The van der Waals surface area contributed by atoms with E-state index in [1.807, 2.05) is 0 Å². The first-order chi connectivity index (χ1) is 9.95. The second kappa shape index (κ2) is 6.95. The lowest BCUT2D eigenvalue weighted by atomic mass is 10.1. The summed E-state index contributed by atoms with van der Waals surface area (Å²) in [5, 5.41) is 9.73. The Morgan fingerprint density at radius 3 is 3.00 bits per heavy atom. The normalized spacial score (nSPS) is 19.7. The summed E-state index contributed by atoms with van der Waals surface area (Å²) in [7, 11) is 0. The number of aromatic nitrogens is 2. The van der Waals surface area contributed by atoms with Gasteiger partial charge in [0.05, 0.1) is 19.3 Å². The molecule has 21 heavy (non-hydrogen) atoms. The maximum Gasteiger partial charge on any atom is 0.272 e. The zero-order valence-corrected chi connectivity index (χ0v) is 12.9. The Morgan fingerprint density at radius 2 is 2.29 bits per heavy atom. The van der Waals surface area contributed by atoms with Crippen molar-refractivity contribution in [1.82, 2.24) is 14.9 Å². The first kappa shape index (κ1) is 15.9. The molecule has 1 aromatic heterocycles. The molecule has 1 fully saturated rings. The molecule has 0 saturated carbocycles. The van der Waals surface area contributed by atoms with Gasteiger partial charge in [0.2, 0.25) is 0 Å². The van der Waals surface area contributed by atoms with Gasteiger partial charge in [0.1, 0.15) is 11.5 Å². The summed E-state index contributed by atoms with van der Waals surface area (Å²) < 4.78 is 5.25. The van der Waals surface area contributed by atoms with Gasteiger partial charge in [-0.05, 0) is 25.3 Å². The number of hydrogen-bond donors (Lipinski definition) is 1. The van der Waals surface area contributed by atoms with E-state index in [2.05, 4.69) is 23.8 Å². The van der Waals surface area contributed by atoms with Gasteiger partial charge in [-0.15, -0.1) is 0 Å². The third-order valence-electron chi connectivity index (χ3n) is 3.26. The summed E-state index contributed by atoms with van der Waals surface area (Å²) in [6.07, 6.45) is 0.171. The first-order valence-corrected chi connectivity index (χ1v) is 7.35. The quantitative estimate of drug-likeness (QED) is 0.893. The second-order valence-electron chi connectivity index (χ2n) is 5.87. The van der Waals surface area contributed by atoms with Gasteiger partial charge in [0.25, 0.3) is 5.91 Å². The van der Waals surface area contributed by atoms with Gasteiger partial charge >= 0.3 is 0 Å². The smallest absolute Gasteiger partial charge is 0.272 e. The number of ether oxygens (including phenoxy) is 1. The van der Waals surface area contributed by atoms with Gasteiger partial charge in [-0.25, -0.2) is 9.97 Å². The molecule has 1 atom stereocenters. The molecule has 2 heterocycles. The van der Waals surface area contributed by atoms with Crippen molar-refractivity contribution in [3.63, 3.8) is 0 Å². The Labute approximate surface area is 125 Å². The fraction of sp³-hybridized carbons (Fsp3) is 0.667. The van der Waals surface area contributed by atoms with Gasteiger partial charge in [-0.1, -0.05) is 13.8 Å². The molecular weight excluding hydrogens is 270 g/mol. The van der Waals surface area contributed by atoms with Crippen LogP contribution >= 0.6 is 0 Å². The van der Waals surface area contributed by atoms with Crippen LogP contribution in [-0.4, -0.2) is 58.3 Å². The van der Waals surface area contributed by atoms with E-state index >= 15 is 0 Å². The van der Waals surface area contributed by atoms with Gasteiger partial charge in [0.15, 0.2) is 0 Å². The number of carbonyl (C=O) groups excluding carboxylic acids is 1. The lowest BCUT2D eigenvalue weighted by Gasteiger charge is -2.21. The van der Waals surface area contributed by atoms with Gasteiger partial charge < -0.3 is 14.7 Å². The molecular formula is C15H23N3O3. The van der Waals surface area contributed by atoms with E-state index in [1.54, 1.807) is 17.9 Å². The number of carbonyl (C=O) groups is 1. The maximum absolute atomic E-state index is 12.6. The Balaban J connectivity index is 2.19. The Bertz CT molecular complexity index is 505. The van der Waals surface area contributed by atoms with Crippen molar-refractivity contribution in [3.8, 4) is 0 Å². The minimum absolute atomic E-state index is 0.171. The molecule has 1 saturated heterocycles. The first-order valence-electron chi connectivity index (χ1n) is 7.35. The van der Waals surface area contributed by atoms with Crippen LogP contribution < -0.4 is 0 Å². The highest BCUT2D eigenvalue weighted by Gasteiger charge is 2.23. The van der Waals surface area contributed by atoms with Crippen molar-refractivity contribution in [2.24, 2.45) is 5.92 Å². The van der Waals surface area contributed by atoms with Gasteiger partial charge in [-0.2, -0.15) is 0 Å². The van der Waals surface area contributed by atoms with Crippen molar-refractivity contribution < 1.29 is 14.6 Å². The molecule has 1 amide bonds. The maximum atomic E-state index is 12.6. The van der Waals surface area contributed by atoms with E-state index in [4.69, 9.17) is 4.74 Å². The second-order valence-corrected chi connectivity index (χ2v) is 5.87. The van der Waals surface area contributed by atoms with Crippen LogP contribution in [0, 0.1) is 12.8 Å². The fourth-order valence-electron chi connectivity index (χ4n) is 2.40. The number of aliphatic hydroxyl groups excluding tert-OH is 1. The number of β-amino-alcohol motifs (C(OH)–C–C–N with tert-alkyl or cyclic N) is 1. The molecule has 0 bridgehead atoms. The van der Waals surface area contributed by atoms with Crippen LogP contribution in [0.25, 0.3) is 0 Å². The summed E-state index contributed by atoms with van der Waals surface area (Å²) in [6.45, 7) is 7.47. The molecule has 2 rings (SSSR count). The summed E-state index contributed by atoms with van der Waals surface area (Å²) in [5.41, 5.74) is 1.28. The summed E-state index contributed by atoms with van der Waals surface area (Å²) in [4.78, 5) is 22.8. The Morgan fingerprint density at radius 1 is 1.52 bits per heavy atom. The number of aliphatic hydroxyl groups is 1. The number of amides is 1. The minimum atomic E-state index is -0.644. The highest BCUT2D eigenvalue weighted by atomic mass is 16.5. The van der Waals surface area contributed by atoms with E-state index in [0.717, 1.165) is 12.1 Å². The van der Waals surface area contributed by atoms with Crippen LogP contribution in [0.4, 0.5) is 0 Å². The van der Waals surface area contributed by atoms with Crippen LogP contribution in [0.15, 0.2) is 6.07 Å². The number of hydrogen-bond acceptors (Lipinski definition) is 5. The lowest BCUT2D eigenvalue weighted by Crippen LogP contribution is -2.38. The van der Waals surface area contributed by atoms with E-state index in [9.17, 15) is 9.90 Å². The van der Waals surface area contributed by atoms with Crippen LogP contribution in [0.1, 0.15) is 35.9 Å². The van der Waals surface area contributed by atoms with Crippen LogP contribution in [0.5, 0.6) is 0 Å². The average Bonchev–Trinajstić information content (AvgIpc) is 2.61. The van der Waals surface area contributed by atoms with E-state index < -0.39 is 6.10 Å². The molecule has 1 aliphatic heterocycles. The number of nitrogens with zero attached hydrogens (tertiary/aromatic N) is 3. The molecule has 1 aromatic rings. The predicted molar refractivity (Wildman–Crippen MR) is 78.0 cm³/mol. The summed E-state index contributed by atoms with van der Waals surface area (Å²) in [6, 6.07) is 1.76. The van der Waals surface area contributed by atoms with Crippen LogP contribution in [0.3, 0.4) is 0 Å². The lowest BCUT2D eigenvalue weighted by molar-refractivity contribution is 0.0532. The van der Waals surface area contributed by atoms with Gasteiger partial charge in [-0.3, -0.25) is 4.79 Å². The highest BCUT2D eigenvalue weighted by Crippen LogP contribution is 2.11. The van der Waals surface area contributed by atoms with E-state index in [-0.39, 0.29) is 19.1 Å². The average molecular weight is 293 g/mol. The van der Waals surface area contributed by atoms with Crippen molar-refractivity contribution >= 4 is 5.91 Å². The molecule has 0 aromatic carbocycles. The SMILES string of the molecule is Cc1nc(CC(C)C)cc(C(=O)N2CCOC[C@H](O)C2)n1. The monoisotopic (exact) mass is 293 g/mol. The minimum Gasteiger partial charge on any atom is -0.389 e. The molecule has 116 valence electrons. The summed E-state index contributed by atoms with van der Waals surface area (Å²) in [5.74, 6) is 0.897. The molecule has 0 aliphatic carbocycles. The largest absolute Gasteiger partial charge is 0.389 e. The topological polar surface area (TPSA) is 75.6 Å². The fourth-order valence-corrected chi connectivity index (χ4v) is 2.40. The molecule has 0 unspecified atom stereocenters. The van der Waals surface area contributed by atoms with Crippen molar-refractivity contribution in [2.45, 2.75) is 33.3 Å². The Kier molecular flexibility index (Phi) is 5.25. The molecule has 6 heteroatoms. The third-order valence-corrected chi connectivity index (χ3v) is 3.26. The van der Waals surface area contributed by atoms with Crippen molar-refractivity contribution in [2.75, 3.05) is 26.3 Å². The predicted octanol–water partition coefficient (Wildman–Crippen LogP) is 0.817. The molecule has 1 aliphatic rings. The number of rotatable bonds is 3. The standard InChI is InChI=1S/C15H23N3O3/c1-10(2)6-12-7-14(17-11(3)16-12)15(20)18-4-5-21-9-13(19)8-18/h7,10,13,19H,4-6,8-9H2,1-3H3/t13-/m1/s1. The highest BCUT2D eigenvalue weighted by molar-refractivity contribution is 5.92. The Hall–Kier alpha value is -1.53.